The van der Waals surface area contributed by atoms with Crippen molar-refractivity contribution in [3.63, 3.8) is 0 Å². The number of aromatic nitrogens is 1. The van der Waals surface area contributed by atoms with Crippen LogP contribution in [0.4, 0.5) is 0 Å². The zero-order valence-electron chi connectivity index (χ0n) is 23.1. The molecule has 1 atom stereocenters. The fourth-order valence-electron chi connectivity index (χ4n) is 4.76. The molecule has 198 valence electrons. The van der Waals surface area contributed by atoms with E-state index in [1.54, 1.807) is 14.2 Å². The summed E-state index contributed by atoms with van der Waals surface area (Å²) in [4.78, 5) is 26.3. The first-order chi connectivity index (χ1) is 17.9. The van der Waals surface area contributed by atoms with E-state index in [1.165, 1.54) is 4.57 Å². The molecule has 6 nitrogen and oxygen atoms in total. The Hall–Kier alpha value is -3.90. The maximum atomic E-state index is 13.7. The minimum atomic E-state index is -1.33. The van der Waals surface area contributed by atoms with Crippen molar-refractivity contribution in [2.45, 2.75) is 52.7 Å². The Bertz CT molecular complexity index is 1560. The average molecular weight is 514 g/mol. The molecule has 1 aromatic heterocycles. The normalized spacial score (nSPS) is 12.5. The minimum absolute atomic E-state index is 0.261. The van der Waals surface area contributed by atoms with Crippen LogP contribution in [-0.2, 0) is 23.0 Å². The van der Waals surface area contributed by atoms with Crippen LogP contribution in [0.3, 0.4) is 0 Å². The van der Waals surface area contributed by atoms with Crippen molar-refractivity contribution in [1.82, 2.24) is 4.57 Å². The van der Waals surface area contributed by atoms with Gasteiger partial charge in [0.25, 0.3) is 5.56 Å². The van der Waals surface area contributed by atoms with Crippen LogP contribution in [0, 0.1) is 13.8 Å². The molecule has 0 amide bonds. The number of aryl methyl sites for hydroxylation is 2. The number of hydrogen-bond donors (Lipinski definition) is 1. The number of pyridine rings is 1. The third-order valence-electron chi connectivity index (χ3n) is 6.81. The summed E-state index contributed by atoms with van der Waals surface area (Å²) in [5.74, 6) is -0.354. The summed E-state index contributed by atoms with van der Waals surface area (Å²) in [6.07, 6.45) is -0.679. The van der Waals surface area contributed by atoms with Crippen LogP contribution in [0.5, 0.6) is 5.75 Å². The van der Waals surface area contributed by atoms with Crippen molar-refractivity contribution in [3.8, 4) is 16.9 Å². The van der Waals surface area contributed by atoms with Gasteiger partial charge in [0, 0.05) is 18.0 Å². The van der Waals surface area contributed by atoms with Gasteiger partial charge in [-0.25, -0.2) is 4.79 Å². The van der Waals surface area contributed by atoms with Crippen LogP contribution in [0.1, 0.15) is 54.8 Å². The molecule has 6 heteroatoms. The van der Waals surface area contributed by atoms with Gasteiger partial charge in [-0.2, -0.15) is 0 Å². The fraction of sp³-hybridized carbons (Fsp3) is 0.312. The van der Waals surface area contributed by atoms with E-state index >= 15 is 0 Å². The largest absolute Gasteiger partial charge is 0.497 e. The zero-order chi connectivity index (χ0) is 27.8. The highest BCUT2D eigenvalue weighted by Crippen LogP contribution is 2.38. The monoisotopic (exact) mass is 513 g/mol. The molecular formula is C32H35NO5. The van der Waals surface area contributed by atoms with Crippen molar-refractivity contribution < 1.29 is 19.4 Å². The van der Waals surface area contributed by atoms with Gasteiger partial charge in [-0.1, -0.05) is 42.5 Å². The lowest BCUT2D eigenvalue weighted by Crippen LogP contribution is -2.33. The molecule has 4 rings (SSSR count). The van der Waals surface area contributed by atoms with E-state index in [1.807, 2.05) is 95.3 Å². The molecule has 0 aliphatic carbocycles. The molecule has 0 fully saturated rings. The number of carboxylic acids is 1. The number of rotatable bonds is 7. The van der Waals surface area contributed by atoms with E-state index in [4.69, 9.17) is 9.47 Å². The second-order valence-corrected chi connectivity index (χ2v) is 10.8. The first kappa shape index (κ1) is 27.1. The highest BCUT2D eigenvalue weighted by atomic mass is 16.5. The molecule has 0 spiro atoms. The van der Waals surface area contributed by atoms with Crippen LogP contribution < -0.4 is 10.3 Å². The number of hydrogen-bond acceptors (Lipinski definition) is 4. The lowest BCUT2D eigenvalue weighted by Gasteiger charge is -2.28. The summed E-state index contributed by atoms with van der Waals surface area (Å²) in [6.45, 7) is 9.48. The summed E-state index contributed by atoms with van der Waals surface area (Å²) in [5.41, 5.74) is 5.16. The van der Waals surface area contributed by atoms with E-state index < -0.39 is 17.7 Å². The lowest BCUT2D eigenvalue weighted by molar-refractivity contribution is -0.161. The first-order valence-corrected chi connectivity index (χ1v) is 12.7. The topological polar surface area (TPSA) is 77.8 Å². The Morgan fingerprint density at radius 3 is 2.16 bits per heavy atom. The van der Waals surface area contributed by atoms with Crippen molar-refractivity contribution in [2.24, 2.45) is 7.05 Å². The number of ether oxygens (including phenoxy) is 2. The van der Waals surface area contributed by atoms with E-state index in [0.717, 1.165) is 33.6 Å². The molecule has 0 saturated carbocycles. The predicted molar refractivity (Wildman–Crippen MR) is 151 cm³/mol. The number of nitrogens with zero attached hydrogens (tertiary/aromatic N) is 1. The van der Waals surface area contributed by atoms with E-state index in [-0.39, 0.29) is 5.56 Å². The molecule has 4 aromatic rings. The third kappa shape index (κ3) is 5.50. The second-order valence-electron chi connectivity index (χ2n) is 10.8. The standard InChI is InChI=1S/C32H35NO5/c1-19-8-12-23(16-20(19)2)27-25-15-11-22(17-21-9-13-24(37-7)14-10-21)18-26(25)30(34)33(6)28(27)29(31(35)36)38-32(3,4)5/h8-16,18,29H,17H2,1-7H3,(H,35,36). The molecule has 0 aliphatic rings. The molecule has 1 N–H and O–H groups in total. The molecule has 1 heterocycles. The second kappa shape index (κ2) is 10.5. The fourth-order valence-corrected chi connectivity index (χ4v) is 4.76. The molecule has 0 bridgehead atoms. The van der Waals surface area contributed by atoms with Gasteiger partial charge in [-0.15, -0.1) is 0 Å². The van der Waals surface area contributed by atoms with Gasteiger partial charge in [0.15, 0.2) is 6.10 Å². The Labute approximate surface area is 223 Å². The number of carboxylic acid groups (broad SMARTS) is 1. The zero-order valence-corrected chi connectivity index (χ0v) is 23.1. The molecule has 3 aromatic carbocycles. The van der Waals surface area contributed by atoms with Gasteiger partial charge < -0.3 is 19.1 Å². The highest BCUT2D eigenvalue weighted by Gasteiger charge is 2.33. The number of methoxy groups -OCH3 is 1. The van der Waals surface area contributed by atoms with E-state index in [9.17, 15) is 14.7 Å². The van der Waals surface area contributed by atoms with Crippen LogP contribution in [0.15, 0.2) is 65.5 Å². The number of benzene rings is 3. The Morgan fingerprint density at radius 1 is 0.921 bits per heavy atom. The molecule has 0 radical (unpaired) electrons. The quantitative estimate of drug-likeness (QED) is 0.311. The molecule has 0 aliphatic heterocycles. The van der Waals surface area contributed by atoms with E-state index in [0.29, 0.717) is 28.5 Å². The third-order valence-corrected chi connectivity index (χ3v) is 6.81. The van der Waals surface area contributed by atoms with Crippen molar-refractivity contribution in [1.29, 1.82) is 0 Å². The summed E-state index contributed by atoms with van der Waals surface area (Å²) in [6, 6.07) is 19.7. The number of carbonyl (C=O) groups is 1. The molecular weight excluding hydrogens is 478 g/mol. The van der Waals surface area contributed by atoms with Crippen molar-refractivity contribution in [2.75, 3.05) is 7.11 Å². The first-order valence-electron chi connectivity index (χ1n) is 12.7. The van der Waals surface area contributed by atoms with Crippen LogP contribution in [0.25, 0.3) is 21.9 Å². The van der Waals surface area contributed by atoms with Gasteiger partial charge >= 0.3 is 5.97 Å². The SMILES string of the molecule is COc1ccc(Cc2ccc3c(-c4ccc(C)c(C)c4)c(C(OC(C)(C)C)C(=O)O)n(C)c(=O)c3c2)cc1. The van der Waals surface area contributed by atoms with Gasteiger partial charge in [0.05, 0.1) is 18.4 Å². The lowest BCUT2D eigenvalue weighted by atomic mass is 9.91. The van der Waals surface area contributed by atoms with Gasteiger partial charge in [-0.05, 0) is 92.4 Å². The summed E-state index contributed by atoms with van der Waals surface area (Å²) in [5, 5.41) is 11.5. The van der Waals surface area contributed by atoms with Crippen molar-refractivity contribution in [3.05, 3.63) is 99.0 Å². The Kier molecular flexibility index (Phi) is 7.47. The van der Waals surface area contributed by atoms with Gasteiger partial charge in [0.2, 0.25) is 0 Å². The van der Waals surface area contributed by atoms with Crippen LogP contribution >= 0.6 is 0 Å². The minimum Gasteiger partial charge on any atom is -0.497 e. The van der Waals surface area contributed by atoms with Crippen LogP contribution in [-0.4, -0.2) is 28.4 Å². The average Bonchev–Trinajstić information content (AvgIpc) is 2.86. The summed E-state index contributed by atoms with van der Waals surface area (Å²) < 4.78 is 12.7. The predicted octanol–water partition coefficient (Wildman–Crippen LogP) is 6.36. The highest BCUT2D eigenvalue weighted by molar-refractivity contribution is 5.99. The maximum absolute atomic E-state index is 13.7. The van der Waals surface area contributed by atoms with Gasteiger partial charge in [0.1, 0.15) is 5.75 Å². The number of aliphatic carboxylic acids is 1. The van der Waals surface area contributed by atoms with Crippen LogP contribution in [0.2, 0.25) is 0 Å². The molecule has 1 unspecified atom stereocenters. The Morgan fingerprint density at radius 2 is 1.58 bits per heavy atom. The Balaban J connectivity index is 1.98. The maximum Gasteiger partial charge on any atom is 0.339 e. The summed E-state index contributed by atoms with van der Waals surface area (Å²) in [7, 11) is 3.26. The van der Waals surface area contributed by atoms with Gasteiger partial charge in [-0.3, -0.25) is 4.79 Å². The van der Waals surface area contributed by atoms with E-state index in [2.05, 4.69) is 0 Å². The smallest absolute Gasteiger partial charge is 0.339 e. The molecule has 38 heavy (non-hydrogen) atoms. The summed E-state index contributed by atoms with van der Waals surface area (Å²) >= 11 is 0. The molecule has 0 saturated heterocycles. The van der Waals surface area contributed by atoms with Crippen molar-refractivity contribution >= 4 is 16.7 Å². The number of fused-ring (bicyclic) bond motifs is 1.